The monoisotopic (exact) mass is 387 g/mol. The van der Waals surface area contributed by atoms with E-state index in [9.17, 15) is 0 Å². The molecule has 0 aliphatic rings. The Morgan fingerprint density at radius 2 is 1.83 bits per heavy atom. The molecule has 0 atom stereocenters. The van der Waals surface area contributed by atoms with E-state index in [4.69, 9.17) is 0 Å². The Morgan fingerprint density at radius 1 is 1.06 bits per heavy atom. The van der Waals surface area contributed by atoms with Gasteiger partial charge in [0.15, 0.2) is 0 Å². The molecule has 96 valence electrons. The van der Waals surface area contributed by atoms with Gasteiger partial charge in [-0.25, -0.2) is 0 Å². The average molecular weight is 389 g/mol. The van der Waals surface area contributed by atoms with Crippen molar-refractivity contribution in [1.29, 1.82) is 0 Å². The molecule has 2 rings (SSSR count). The lowest BCUT2D eigenvalue weighted by atomic mass is 10.2. The second-order valence-corrected chi connectivity index (χ2v) is 6.72. The van der Waals surface area contributed by atoms with Crippen molar-refractivity contribution in [3.63, 3.8) is 0 Å². The van der Waals surface area contributed by atoms with E-state index in [0.29, 0.717) is 0 Å². The summed E-state index contributed by atoms with van der Waals surface area (Å²) in [5, 5.41) is 3.14. The van der Waals surface area contributed by atoms with Crippen LogP contribution >= 0.6 is 43.2 Å². The highest BCUT2D eigenvalue weighted by atomic mass is 79.9. The van der Waals surface area contributed by atoms with Crippen LogP contribution in [0, 0.1) is 0 Å². The number of rotatable bonds is 6. The van der Waals surface area contributed by atoms with Gasteiger partial charge in [-0.1, -0.05) is 46.3 Å². The van der Waals surface area contributed by atoms with Gasteiger partial charge in [-0.2, -0.15) is 0 Å². The average Bonchev–Trinajstić information content (AvgIpc) is 2.77. The summed E-state index contributed by atoms with van der Waals surface area (Å²) in [6.07, 6.45) is 0. The van der Waals surface area contributed by atoms with Gasteiger partial charge in [0.25, 0.3) is 0 Å². The molecule has 0 aliphatic carbocycles. The molecular weight excluding hydrogens is 374 g/mol. The summed E-state index contributed by atoms with van der Waals surface area (Å²) in [7, 11) is 0. The fourth-order valence-corrected chi connectivity index (χ4v) is 3.84. The Bertz CT molecular complexity index is 470. The van der Waals surface area contributed by atoms with Gasteiger partial charge >= 0.3 is 0 Å². The second-order valence-electron chi connectivity index (χ2n) is 4.08. The van der Waals surface area contributed by atoms with Gasteiger partial charge < -0.3 is 0 Å². The Labute approximate surface area is 129 Å². The highest BCUT2D eigenvalue weighted by molar-refractivity contribution is 9.10. The molecule has 0 spiro atoms. The number of thiophene rings is 1. The predicted octanol–water partition coefficient (Wildman–Crippen LogP) is 4.91. The third-order valence-corrected chi connectivity index (χ3v) is 4.97. The zero-order valence-electron chi connectivity index (χ0n) is 9.98. The first kappa shape index (κ1) is 14.3. The number of benzene rings is 1. The maximum atomic E-state index is 3.60. The summed E-state index contributed by atoms with van der Waals surface area (Å²) in [4.78, 5) is 3.85. The molecule has 0 unspecified atom stereocenters. The van der Waals surface area contributed by atoms with Gasteiger partial charge in [-0.3, -0.25) is 4.90 Å². The highest BCUT2D eigenvalue weighted by Crippen LogP contribution is 2.24. The quantitative estimate of drug-likeness (QED) is 0.635. The Hall–Kier alpha value is -0.160. The fraction of sp³-hybridized carbons (Fsp3) is 0.286. The number of nitrogens with zero attached hydrogens (tertiary/aromatic N) is 1. The van der Waals surface area contributed by atoms with Gasteiger partial charge in [0, 0.05) is 34.3 Å². The molecule has 0 aliphatic heterocycles. The molecule has 18 heavy (non-hydrogen) atoms. The molecule has 1 aromatic heterocycles. The Morgan fingerprint density at radius 3 is 2.44 bits per heavy atom. The topological polar surface area (TPSA) is 3.24 Å². The largest absolute Gasteiger partial charge is 0.293 e. The van der Waals surface area contributed by atoms with Crippen molar-refractivity contribution in [3.05, 3.63) is 56.7 Å². The minimum Gasteiger partial charge on any atom is -0.293 e. The first-order chi connectivity index (χ1) is 8.79. The van der Waals surface area contributed by atoms with Crippen molar-refractivity contribution in [2.75, 3.05) is 11.9 Å². The molecule has 0 radical (unpaired) electrons. The molecule has 1 aromatic carbocycles. The minimum atomic E-state index is 0.997. The lowest BCUT2D eigenvalue weighted by Crippen LogP contribution is -2.24. The van der Waals surface area contributed by atoms with Crippen LogP contribution < -0.4 is 0 Å². The Kier molecular flexibility index (Phi) is 5.89. The normalized spacial score (nSPS) is 11.1. The smallest absolute Gasteiger partial charge is 0.0343 e. The van der Waals surface area contributed by atoms with E-state index in [1.54, 1.807) is 0 Å². The number of halogens is 2. The van der Waals surface area contributed by atoms with E-state index in [1.807, 2.05) is 11.3 Å². The van der Waals surface area contributed by atoms with Gasteiger partial charge in [-0.15, -0.1) is 11.3 Å². The molecular formula is C14H15Br2NS. The van der Waals surface area contributed by atoms with Gasteiger partial charge in [0.05, 0.1) is 0 Å². The molecule has 0 fully saturated rings. The number of alkyl halides is 1. The zero-order valence-corrected chi connectivity index (χ0v) is 14.0. The van der Waals surface area contributed by atoms with Crippen LogP contribution in [0.25, 0.3) is 0 Å². The van der Waals surface area contributed by atoms with Gasteiger partial charge in [0.2, 0.25) is 0 Å². The molecule has 0 N–H and O–H groups in total. The summed E-state index contributed by atoms with van der Waals surface area (Å²) >= 11 is 8.95. The van der Waals surface area contributed by atoms with Crippen LogP contribution in [0.4, 0.5) is 0 Å². The Balaban J connectivity index is 2.02. The minimum absolute atomic E-state index is 0.997. The van der Waals surface area contributed by atoms with Crippen molar-refractivity contribution >= 4 is 43.2 Å². The van der Waals surface area contributed by atoms with Crippen LogP contribution in [0.15, 0.2) is 46.3 Å². The molecule has 0 bridgehead atoms. The van der Waals surface area contributed by atoms with Crippen LogP contribution in [0.1, 0.15) is 10.4 Å². The lowest BCUT2D eigenvalue weighted by molar-refractivity contribution is 0.276. The maximum Gasteiger partial charge on any atom is 0.0343 e. The van der Waals surface area contributed by atoms with Crippen molar-refractivity contribution in [2.24, 2.45) is 0 Å². The van der Waals surface area contributed by atoms with Gasteiger partial charge in [-0.05, 0) is 32.9 Å². The molecule has 0 saturated carbocycles. The lowest BCUT2D eigenvalue weighted by Gasteiger charge is -2.21. The third-order valence-electron chi connectivity index (χ3n) is 2.71. The van der Waals surface area contributed by atoms with E-state index >= 15 is 0 Å². The van der Waals surface area contributed by atoms with Crippen molar-refractivity contribution in [2.45, 2.75) is 13.1 Å². The zero-order chi connectivity index (χ0) is 12.8. The van der Waals surface area contributed by atoms with E-state index in [1.165, 1.54) is 14.9 Å². The van der Waals surface area contributed by atoms with Crippen LogP contribution in [0.3, 0.4) is 0 Å². The van der Waals surface area contributed by atoms with Crippen LogP contribution in [0.2, 0.25) is 0 Å². The van der Waals surface area contributed by atoms with Gasteiger partial charge in [0.1, 0.15) is 0 Å². The molecule has 4 heteroatoms. The standard InChI is InChI=1S/C14H15Br2NS/c15-7-8-17(10-12-4-2-1-3-5-12)11-14-13(16)6-9-18-14/h1-6,9H,7-8,10-11H2. The van der Waals surface area contributed by atoms with Crippen LogP contribution in [-0.4, -0.2) is 16.8 Å². The van der Waals surface area contributed by atoms with E-state index in [0.717, 1.165) is 25.0 Å². The molecule has 2 aromatic rings. The first-order valence-corrected chi connectivity index (χ1v) is 8.63. The van der Waals surface area contributed by atoms with Crippen molar-refractivity contribution in [3.8, 4) is 0 Å². The predicted molar refractivity (Wildman–Crippen MR) is 86.4 cm³/mol. The van der Waals surface area contributed by atoms with E-state index in [2.05, 4.69) is 78.5 Å². The summed E-state index contributed by atoms with van der Waals surface area (Å²) in [5.74, 6) is 0. The van der Waals surface area contributed by atoms with E-state index < -0.39 is 0 Å². The first-order valence-electron chi connectivity index (χ1n) is 5.83. The number of hydrogen-bond donors (Lipinski definition) is 0. The van der Waals surface area contributed by atoms with E-state index in [-0.39, 0.29) is 0 Å². The third kappa shape index (κ3) is 4.19. The summed E-state index contributed by atoms with van der Waals surface area (Å²) in [5.41, 5.74) is 1.37. The molecule has 0 saturated heterocycles. The van der Waals surface area contributed by atoms with Crippen molar-refractivity contribution < 1.29 is 0 Å². The second kappa shape index (κ2) is 7.43. The molecule has 1 heterocycles. The SMILES string of the molecule is BrCCN(Cc1ccccc1)Cc1sccc1Br. The van der Waals surface area contributed by atoms with Crippen molar-refractivity contribution in [1.82, 2.24) is 4.90 Å². The van der Waals surface area contributed by atoms with Crippen LogP contribution in [0.5, 0.6) is 0 Å². The maximum absolute atomic E-state index is 3.60. The number of hydrogen-bond acceptors (Lipinski definition) is 2. The summed E-state index contributed by atoms with van der Waals surface area (Å²) in [6.45, 7) is 3.05. The van der Waals surface area contributed by atoms with Crippen LogP contribution in [-0.2, 0) is 13.1 Å². The molecule has 1 nitrogen and oxygen atoms in total. The summed E-state index contributed by atoms with van der Waals surface area (Å²) < 4.78 is 1.22. The fourth-order valence-electron chi connectivity index (χ4n) is 1.82. The summed E-state index contributed by atoms with van der Waals surface area (Å²) in [6, 6.07) is 12.8. The highest BCUT2D eigenvalue weighted by Gasteiger charge is 2.09. The molecule has 0 amide bonds.